The zero-order chi connectivity index (χ0) is 13.7. The van der Waals surface area contributed by atoms with Crippen LogP contribution in [-0.2, 0) is 6.54 Å². The molecule has 0 unspecified atom stereocenters. The van der Waals surface area contributed by atoms with Crippen LogP contribution in [0.25, 0.3) is 11.3 Å². The summed E-state index contributed by atoms with van der Waals surface area (Å²) in [5.41, 5.74) is 1.70. The highest BCUT2D eigenvalue weighted by atomic mass is 16.5. The van der Waals surface area contributed by atoms with Crippen LogP contribution in [0.3, 0.4) is 0 Å². The maximum absolute atomic E-state index is 5.50. The minimum atomic E-state index is 0.655. The van der Waals surface area contributed by atoms with E-state index in [-0.39, 0.29) is 0 Å². The third kappa shape index (κ3) is 2.88. The Morgan fingerprint density at radius 2 is 2.11 bits per heavy atom. The summed E-state index contributed by atoms with van der Waals surface area (Å²) in [7, 11) is 3.26. The van der Waals surface area contributed by atoms with Crippen molar-refractivity contribution in [2.45, 2.75) is 13.5 Å². The molecule has 2 aromatic rings. The monoisotopic (exact) mass is 262 g/mol. The molecule has 1 aromatic carbocycles. The molecular weight excluding hydrogens is 244 g/mol. The molecule has 0 spiro atoms. The smallest absolute Gasteiger partial charge is 0.181 e. The van der Waals surface area contributed by atoms with Gasteiger partial charge < -0.3 is 19.2 Å². The summed E-state index contributed by atoms with van der Waals surface area (Å²) in [5, 5.41) is 3.23. The second-order valence-electron chi connectivity index (χ2n) is 3.97. The Hall–Kier alpha value is -2.01. The first-order valence-corrected chi connectivity index (χ1v) is 6.15. The van der Waals surface area contributed by atoms with Crippen molar-refractivity contribution in [3.8, 4) is 22.8 Å². The summed E-state index contributed by atoms with van der Waals surface area (Å²) in [6.07, 6.45) is 1.45. The molecule has 0 radical (unpaired) electrons. The number of rotatable bonds is 6. The van der Waals surface area contributed by atoms with Crippen LogP contribution >= 0.6 is 0 Å². The number of oxazole rings is 1. The molecule has 0 amide bonds. The molecule has 2 rings (SSSR count). The van der Waals surface area contributed by atoms with Crippen molar-refractivity contribution in [3.63, 3.8) is 0 Å². The van der Waals surface area contributed by atoms with Gasteiger partial charge >= 0.3 is 0 Å². The number of aromatic nitrogens is 1. The molecule has 5 nitrogen and oxygen atoms in total. The molecule has 0 aliphatic carbocycles. The zero-order valence-corrected chi connectivity index (χ0v) is 11.4. The molecule has 0 aliphatic rings. The Balaban J connectivity index is 2.42. The number of ether oxygens (including phenoxy) is 2. The Bertz CT molecular complexity index is 537. The van der Waals surface area contributed by atoms with Gasteiger partial charge in [-0.3, -0.25) is 0 Å². The lowest BCUT2D eigenvalue weighted by molar-refractivity contribution is 0.403. The topological polar surface area (TPSA) is 56.5 Å². The fraction of sp³-hybridized carbons (Fsp3) is 0.357. The van der Waals surface area contributed by atoms with E-state index in [0.717, 1.165) is 29.3 Å². The Morgan fingerprint density at radius 1 is 1.26 bits per heavy atom. The van der Waals surface area contributed by atoms with Gasteiger partial charge in [0.05, 0.1) is 19.8 Å². The lowest BCUT2D eigenvalue weighted by Gasteiger charge is -2.09. The van der Waals surface area contributed by atoms with Crippen molar-refractivity contribution in [2.24, 2.45) is 0 Å². The highest BCUT2D eigenvalue weighted by Gasteiger charge is 2.16. The normalized spacial score (nSPS) is 10.5. The maximum Gasteiger partial charge on any atom is 0.181 e. The van der Waals surface area contributed by atoms with Gasteiger partial charge in [-0.15, -0.1) is 0 Å². The third-order valence-electron chi connectivity index (χ3n) is 2.83. The third-order valence-corrected chi connectivity index (χ3v) is 2.83. The second-order valence-corrected chi connectivity index (χ2v) is 3.97. The van der Waals surface area contributed by atoms with Gasteiger partial charge in [-0.05, 0) is 24.7 Å². The number of nitrogens with zero attached hydrogens (tertiary/aromatic N) is 1. The summed E-state index contributed by atoms with van der Waals surface area (Å²) in [6, 6.07) is 5.59. The molecule has 1 heterocycles. The summed E-state index contributed by atoms with van der Waals surface area (Å²) in [6.45, 7) is 3.58. The number of methoxy groups -OCH3 is 2. The number of nitrogens with one attached hydrogen (secondary N) is 1. The molecule has 0 bridgehead atoms. The van der Waals surface area contributed by atoms with E-state index in [4.69, 9.17) is 13.9 Å². The van der Waals surface area contributed by atoms with E-state index >= 15 is 0 Å². The van der Waals surface area contributed by atoms with Gasteiger partial charge in [-0.25, -0.2) is 4.98 Å². The van der Waals surface area contributed by atoms with Crippen LogP contribution in [0.1, 0.15) is 12.6 Å². The molecule has 1 aromatic heterocycles. The van der Waals surface area contributed by atoms with Crippen LogP contribution in [0.4, 0.5) is 0 Å². The minimum absolute atomic E-state index is 0.655. The van der Waals surface area contributed by atoms with Gasteiger partial charge in [0, 0.05) is 6.54 Å². The predicted molar refractivity (Wildman–Crippen MR) is 72.4 cm³/mol. The van der Waals surface area contributed by atoms with Crippen molar-refractivity contribution in [2.75, 3.05) is 20.8 Å². The number of hydrogen-bond donors (Lipinski definition) is 1. The van der Waals surface area contributed by atoms with E-state index in [1.165, 1.54) is 6.39 Å². The Labute approximate surface area is 112 Å². The van der Waals surface area contributed by atoms with Crippen molar-refractivity contribution in [3.05, 3.63) is 30.3 Å². The molecule has 19 heavy (non-hydrogen) atoms. The standard InChI is InChI=1S/C14H18N2O3/c1-4-15-8-12-14(19-9-16-12)11-7-10(17-2)5-6-13(11)18-3/h5-7,9,15H,4,8H2,1-3H3. The molecular formula is C14H18N2O3. The summed E-state index contributed by atoms with van der Waals surface area (Å²) < 4.78 is 16.1. The van der Waals surface area contributed by atoms with Crippen molar-refractivity contribution >= 4 is 0 Å². The summed E-state index contributed by atoms with van der Waals surface area (Å²) in [4.78, 5) is 4.24. The van der Waals surface area contributed by atoms with E-state index in [1.54, 1.807) is 14.2 Å². The SMILES string of the molecule is CCNCc1ncoc1-c1cc(OC)ccc1OC. The lowest BCUT2D eigenvalue weighted by atomic mass is 10.1. The molecule has 0 saturated carbocycles. The maximum atomic E-state index is 5.50. The summed E-state index contributed by atoms with van der Waals surface area (Å²) in [5.74, 6) is 2.19. The second kappa shape index (κ2) is 6.24. The fourth-order valence-electron chi connectivity index (χ4n) is 1.85. The van der Waals surface area contributed by atoms with Gasteiger partial charge in [-0.2, -0.15) is 0 Å². The molecule has 0 fully saturated rings. The molecule has 0 saturated heterocycles. The van der Waals surface area contributed by atoms with Crippen LogP contribution in [0, 0.1) is 0 Å². The van der Waals surface area contributed by atoms with Gasteiger partial charge in [0.2, 0.25) is 0 Å². The number of benzene rings is 1. The highest BCUT2D eigenvalue weighted by molar-refractivity contribution is 5.69. The van der Waals surface area contributed by atoms with Crippen LogP contribution in [0.2, 0.25) is 0 Å². The average Bonchev–Trinajstić information content (AvgIpc) is 2.92. The van der Waals surface area contributed by atoms with Crippen LogP contribution < -0.4 is 14.8 Å². The minimum Gasteiger partial charge on any atom is -0.497 e. The van der Waals surface area contributed by atoms with Crippen molar-refractivity contribution in [1.82, 2.24) is 10.3 Å². The van der Waals surface area contributed by atoms with Crippen molar-refractivity contribution < 1.29 is 13.9 Å². The predicted octanol–water partition coefficient (Wildman–Crippen LogP) is 2.47. The highest BCUT2D eigenvalue weighted by Crippen LogP contribution is 2.35. The van der Waals surface area contributed by atoms with Gasteiger partial charge in [0.1, 0.15) is 17.2 Å². The molecule has 1 N–H and O–H groups in total. The van der Waals surface area contributed by atoms with E-state index in [2.05, 4.69) is 10.3 Å². The average molecular weight is 262 g/mol. The fourth-order valence-corrected chi connectivity index (χ4v) is 1.85. The molecule has 5 heteroatoms. The lowest BCUT2D eigenvalue weighted by Crippen LogP contribution is -2.12. The van der Waals surface area contributed by atoms with Crippen LogP contribution in [0.5, 0.6) is 11.5 Å². The van der Waals surface area contributed by atoms with E-state index < -0.39 is 0 Å². The Kier molecular flexibility index (Phi) is 4.41. The first-order valence-electron chi connectivity index (χ1n) is 6.15. The van der Waals surface area contributed by atoms with E-state index in [1.807, 2.05) is 25.1 Å². The largest absolute Gasteiger partial charge is 0.497 e. The molecule has 102 valence electrons. The van der Waals surface area contributed by atoms with Crippen LogP contribution in [-0.4, -0.2) is 25.7 Å². The molecule has 0 atom stereocenters. The van der Waals surface area contributed by atoms with Gasteiger partial charge in [0.15, 0.2) is 12.2 Å². The quantitative estimate of drug-likeness (QED) is 0.866. The van der Waals surface area contributed by atoms with Crippen molar-refractivity contribution in [1.29, 1.82) is 0 Å². The van der Waals surface area contributed by atoms with E-state index in [9.17, 15) is 0 Å². The van der Waals surface area contributed by atoms with Gasteiger partial charge in [-0.1, -0.05) is 6.92 Å². The van der Waals surface area contributed by atoms with E-state index in [0.29, 0.717) is 12.3 Å². The number of hydrogen-bond acceptors (Lipinski definition) is 5. The Morgan fingerprint density at radius 3 is 2.79 bits per heavy atom. The first-order chi connectivity index (χ1) is 9.30. The van der Waals surface area contributed by atoms with Gasteiger partial charge in [0.25, 0.3) is 0 Å². The van der Waals surface area contributed by atoms with Crippen LogP contribution in [0.15, 0.2) is 29.0 Å². The molecule has 0 aliphatic heterocycles. The zero-order valence-electron chi connectivity index (χ0n) is 11.4. The first kappa shape index (κ1) is 13.4. The summed E-state index contributed by atoms with van der Waals surface area (Å²) >= 11 is 0.